The highest BCUT2D eigenvalue weighted by Gasteiger charge is 2.33. The second-order valence-corrected chi connectivity index (χ2v) is 13.7. The fraction of sp³-hybridized carbons (Fsp3) is 0.167. The number of carboxylic acid groups (broad SMARTS) is 1. The van der Waals surface area contributed by atoms with Gasteiger partial charge in [0.05, 0.1) is 0 Å². The van der Waals surface area contributed by atoms with Crippen molar-refractivity contribution in [3.63, 3.8) is 0 Å². The predicted octanol–water partition coefficient (Wildman–Crippen LogP) is 4.70. The molecule has 3 heterocycles. The minimum Gasteiger partial charge on any atom is -0.484 e. The number of benzene rings is 4. The summed E-state index contributed by atoms with van der Waals surface area (Å²) in [4.78, 5) is 68.7. The van der Waals surface area contributed by atoms with E-state index in [0.717, 1.165) is 11.1 Å². The van der Waals surface area contributed by atoms with Gasteiger partial charge in [0.25, 0.3) is 5.91 Å². The van der Waals surface area contributed by atoms with Gasteiger partial charge in [-0.1, -0.05) is 110 Å². The van der Waals surface area contributed by atoms with Crippen molar-refractivity contribution in [2.45, 2.75) is 37.0 Å². The summed E-state index contributed by atoms with van der Waals surface area (Å²) >= 11 is 1.33. The molecule has 7 rings (SSSR count). The maximum absolute atomic E-state index is 14.3. The number of fused-ring (bicyclic) bond motifs is 16. The van der Waals surface area contributed by atoms with Crippen LogP contribution in [0.4, 0.5) is 0 Å². The van der Waals surface area contributed by atoms with Crippen molar-refractivity contribution in [2.75, 3.05) is 6.61 Å². The Morgan fingerprint density at radius 2 is 1.39 bits per heavy atom. The summed E-state index contributed by atoms with van der Waals surface area (Å²) in [5.74, 6) is -3.74. The molecule has 54 heavy (non-hydrogen) atoms. The number of nitrogens with one attached hydrogen (secondary N) is 4. The number of carboxylic acids is 1. The SMILES string of the molecule is C=C(c1cccs1)C1NC(=O)COc2ccc(cc2)CC(C(=O)O)NC(=O)C(c2ccccc2)NC(=O)C(Cc2ccc(-c3ccccc3)cc2)NC1=O. The molecule has 0 spiro atoms. The number of carbonyl (C=O) groups excluding carboxylic acids is 4. The molecule has 2 bridgehead atoms. The van der Waals surface area contributed by atoms with Crippen LogP contribution in [0.2, 0.25) is 0 Å². The van der Waals surface area contributed by atoms with Crippen LogP contribution in [-0.4, -0.2) is 59.4 Å². The number of amides is 4. The van der Waals surface area contributed by atoms with Crippen molar-refractivity contribution in [3.05, 3.63) is 155 Å². The summed E-state index contributed by atoms with van der Waals surface area (Å²) in [5.41, 5.74) is 3.94. The number of thiophene rings is 1. The van der Waals surface area contributed by atoms with E-state index >= 15 is 0 Å². The Morgan fingerprint density at radius 3 is 2.04 bits per heavy atom. The maximum atomic E-state index is 14.3. The van der Waals surface area contributed by atoms with Gasteiger partial charge in [-0.05, 0) is 57.0 Å². The minimum absolute atomic E-state index is 0.0107. The average molecular weight is 743 g/mol. The van der Waals surface area contributed by atoms with Crippen molar-refractivity contribution in [3.8, 4) is 16.9 Å². The van der Waals surface area contributed by atoms with Crippen LogP contribution in [0.25, 0.3) is 16.7 Å². The van der Waals surface area contributed by atoms with Gasteiger partial charge in [0.1, 0.15) is 29.9 Å². The topological polar surface area (TPSA) is 163 Å². The summed E-state index contributed by atoms with van der Waals surface area (Å²) < 4.78 is 5.68. The van der Waals surface area contributed by atoms with Crippen LogP contribution in [-0.2, 0) is 36.8 Å². The third kappa shape index (κ3) is 9.46. The number of hydrogen-bond donors (Lipinski definition) is 5. The zero-order chi connectivity index (χ0) is 38.0. The van der Waals surface area contributed by atoms with Gasteiger partial charge in [-0.15, -0.1) is 11.3 Å². The maximum Gasteiger partial charge on any atom is 0.326 e. The normalized spacial score (nSPS) is 19.8. The Morgan fingerprint density at radius 1 is 0.722 bits per heavy atom. The third-order valence-corrected chi connectivity index (χ3v) is 9.86. The molecule has 4 unspecified atom stereocenters. The van der Waals surface area contributed by atoms with Crippen LogP contribution >= 0.6 is 11.3 Å². The fourth-order valence-corrected chi connectivity index (χ4v) is 6.76. The van der Waals surface area contributed by atoms with Crippen LogP contribution in [0, 0.1) is 0 Å². The lowest BCUT2D eigenvalue weighted by molar-refractivity contribution is -0.142. The van der Waals surface area contributed by atoms with Crippen molar-refractivity contribution < 1.29 is 33.8 Å². The first-order valence-electron chi connectivity index (χ1n) is 17.2. The van der Waals surface area contributed by atoms with Crippen LogP contribution < -0.4 is 26.0 Å². The van der Waals surface area contributed by atoms with Gasteiger partial charge in [0.2, 0.25) is 17.7 Å². The van der Waals surface area contributed by atoms with Crippen LogP contribution in [0.3, 0.4) is 0 Å². The summed E-state index contributed by atoms with van der Waals surface area (Å²) in [5, 5.41) is 22.8. The van der Waals surface area contributed by atoms with Gasteiger partial charge in [-0.25, -0.2) is 4.79 Å². The number of rotatable bonds is 7. The van der Waals surface area contributed by atoms with Gasteiger partial charge in [0.15, 0.2) is 6.61 Å². The molecule has 5 aromatic rings. The van der Waals surface area contributed by atoms with Crippen LogP contribution in [0.5, 0.6) is 5.75 Å². The molecule has 0 fully saturated rings. The molecule has 11 nitrogen and oxygen atoms in total. The Kier molecular flexibility index (Phi) is 11.9. The van der Waals surface area contributed by atoms with Gasteiger partial charge >= 0.3 is 5.97 Å². The van der Waals surface area contributed by atoms with E-state index in [0.29, 0.717) is 32.9 Å². The van der Waals surface area contributed by atoms with Crippen molar-refractivity contribution in [2.24, 2.45) is 0 Å². The molecule has 4 atom stereocenters. The molecule has 4 amide bonds. The predicted molar refractivity (Wildman–Crippen MR) is 205 cm³/mol. The van der Waals surface area contributed by atoms with Gasteiger partial charge < -0.3 is 31.1 Å². The van der Waals surface area contributed by atoms with Gasteiger partial charge in [-0.2, -0.15) is 0 Å². The standard InChI is InChI=1S/C42H38N4O7S/c1-26(35-13-8-22-54-35)37-40(49)43-33(23-27-14-18-30(19-15-27)29-9-4-2-5-10-29)39(48)46-38(31-11-6-3-7-12-31)41(50)44-34(42(51)52)24-28-16-20-32(21-17-28)53-25-36(47)45-37/h2-22,33-34,37-38H,1,23-25H2,(H,43,49)(H,44,50)(H,45,47)(H,46,48)(H,51,52). The smallest absolute Gasteiger partial charge is 0.326 e. The van der Waals surface area contributed by atoms with Crippen molar-refractivity contribution in [1.29, 1.82) is 0 Å². The van der Waals surface area contributed by atoms with Crippen molar-refractivity contribution >= 4 is 46.5 Å². The van der Waals surface area contributed by atoms with Crippen LogP contribution in [0.15, 0.2) is 133 Å². The lowest BCUT2D eigenvalue weighted by Gasteiger charge is -2.27. The molecule has 0 radical (unpaired) electrons. The quantitative estimate of drug-likeness (QED) is 0.151. The molecule has 4 aromatic carbocycles. The van der Waals surface area contributed by atoms with E-state index in [9.17, 15) is 29.1 Å². The Labute approximate surface area is 316 Å². The molecule has 274 valence electrons. The second kappa shape index (κ2) is 17.3. The summed E-state index contributed by atoms with van der Waals surface area (Å²) in [6.45, 7) is 3.68. The van der Waals surface area contributed by atoms with E-state index < -0.39 is 60.4 Å². The van der Waals surface area contributed by atoms with Gasteiger partial charge in [0, 0.05) is 17.7 Å². The van der Waals surface area contributed by atoms with E-state index in [1.54, 1.807) is 66.7 Å². The molecule has 0 saturated heterocycles. The fourth-order valence-electron chi connectivity index (χ4n) is 6.03. The molecular weight excluding hydrogens is 705 g/mol. The molecule has 2 aliphatic rings. The number of ether oxygens (including phenoxy) is 1. The molecule has 2 aliphatic heterocycles. The van der Waals surface area contributed by atoms with Crippen LogP contribution in [0.1, 0.15) is 27.6 Å². The second-order valence-electron chi connectivity index (χ2n) is 12.7. The Hall–Kier alpha value is -6.53. The van der Waals surface area contributed by atoms with E-state index in [1.807, 2.05) is 60.0 Å². The number of carbonyl (C=O) groups is 5. The largest absolute Gasteiger partial charge is 0.484 e. The molecule has 0 aliphatic carbocycles. The highest BCUT2D eigenvalue weighted by atomic mass is 32.1. The number of hydrogen-bond acceptors (Lipinski definition) is 7. The zero-order valence-corrected chi connectivity index (χ0v) is 29.9. The minimum atomic E-state index is -1.34. The monoisotopic (exact) mass is 742 g/mol. The molecule has 12 heteroatoms. The molecule has 1 aromatic heterocycles. The Bertz CT molecular complexity index is 2110. The van der Waals surface area contributed by atoms with E-state index in [2.05, 4.69) is 27.8 Å². The highest BCUT2D eigenvalue weighted by Crippen LogP contribution is 2.24. The summed E-state index contributed by atoms with van der Waals surface area (Å²) in [6.07, 6.45) is -0.0573. The summed E-state index contributed by atoms with van der Waals surface area (Å²) in [7, 11) is 0. The van der Waals surface area contributed by atoms with Crippen molar-refractivity contribution in [1.82, 2.24) is 21.3 Å². The lowest BCUT2D eigenvalue weighted by Crippen LogP contribution is -2.56. The lowest BCUT2D eigenvalue weighted by atomic mass is 9.98. The highest BCUT2D eigenvalue weighted by molar-refractivity contribution is 7.11. The van der Waals surface area contributed by atoms with Gasteiger partial charge in [-0.3, -0.25) is 19.2 Å². The zero-order valence-electron chi connectivity index (χ0n) is 29.1. The third-order valence-electron chi connectivity index (χ3n) is 8.92. The van der Waals surface area contributed by atoms with E-state index in [4.69, 9.17) is 4.74 Å². The summed E-state index contributed by atoms with van der Waals surface area (Å²) in [6, 6.07) is 30.5. The molecule has 0 saturated carbocycles. The Balaban J connectivity index is 1.37. The number of aliphatic carboxylic acids is 1. The average Bonchev–Trinajstić information content (AvgIpc) is 3.74. The van der Waals surface area contributed by atoms with E-state index in [-0.39, 0.29) is 12.8 Å². The molecular formula is C42H38N4O7S. The van der Waals surface area contributed by atoms with E-state index in [1.165, 1.54) is 11.3 Å². The molecule has 5 N–H and O–H groups in total. The first kappa shape index (κ1) is 37.2. The first-order valence-corrected chi connectivity index (χ1v) is 18.1. The first-order chi connectivity index (χ1) is 26.1.